The summed E-state index contributed by atoms with van der Waals surface area (Å²) in [5, 5.41) is 22.4. The number of benzene rings is 2. The molecule has 43 heavy (non-hydrogen) atoms. The average molecular weight is 656 g/mol. The van der Waals surface area contributed by atoms with Crippen LogP contribution in [0, 0.1) is 0 Å². The van der Waals surface area contributed by atoms with Crippen LogP contribution in [0.5, 0.6) is 11.5 Å². The normalized spacial score (nSPS) is 14.9. The van der Waals surface area contributed by atoms with Gasteiger partial charge in [0.05, 0.1) is 29.7 Å². The molecule has 1 atom stereocenters. The van der Waals surface area contributed by atoms with Crippen molar-refractivity contribution in [1.82, 2.24) is 10.2 Å². The molecule has 2 aromatic carbocycles. The molecule has 224 valence electrons. The molecule has 0 bridgehead atoms. The van der Waals surface area contributed by atoms with Crippen LogP contribution in [0.15, 0.2) is 75.6 Å². The highest BCUT2D eigenvalue weighted by Crippen LogP contribution is 2.46. The van der Waals surface area contributed by atoms with Crippen LogP contribution in [0.25, 0.3) is 0 Å². The number of carbonyl (C=O) groups excluding carboxylic acids is 2. The Bertz CT molecular complexity index is 1610. The topological polar surface area (TPSA) is 102 Å². The minimum Gasteiger partial charge on any atom is -0.503 e. The van der Waals surface area contributed by atoms with E-state index in [9.17, 15) is 14.7 Å². The van der Waals surface area contributed by atoms with E-state index in [0.29, 0.717) is 50.3 Å². The number of hydrogen-bond acceptors (Lipinski definition) is 10. The van der Waals surface area contributed by atoms with Gasteiger partial charge in [-0.05, 0) is 60.2 Å². The van der Waals surface area contributed by atoms with Gasteiger partial charge < -0.3 is 14.6 Å². The Labute approximate surface area is 267 Å². The van der Waals surface area contributed by atoms with Crippen molar-refractivity contribution in [2.75, 3.05) is 18.1 Å². The second-order valence-electron chi connectivity index (χ2n) is 9.61. The van der Waals surface area contributed by atoms with Gasteiger partial charge in [0.15, 0.2) is 21.6 Å². The maximum atomic E-state index is 13.7. The molecule has 1 unspecified atom stereocenters. The first-order valence-electron chi connectivity index (χ1n) is 13.9. The SMILES string of the molecule is CCCCCOc1ccc(C2C(C(=O)c3cccs3)=C(O)C(=O)N2c2nnc(SCc3ccc(Cl)cc3)s2)cc1OCC. The Morgan fingerprint density at radius 3 is 2.60 bits per heavy atom. The predicted molar refractivity (Wildman–Crippen MR) is 172 cm³/mol. The quantitative estimate of drug-likeness (QED) is 0.0627. The Morgan fingerprint density at radius 1 is 1.07 bits per heavy atom. The highest BCUT2D eigenvalue weighted by molar-refractivity contribution is 8.00. The van der Waals surface area contributed by atoms with Gasteiger partial charge in [0, 0.05) is 10.8 Å². The van der Waals surface area contributed by atoms with Gasteiger partial charge in [-0.25, -0.2) is 0 Å². The summed E-state index contributed by atoms with van der Waals surface area (Å²) in [6, 6.07) is 15.4. The number of unbranched alkanes of at least 4 members (excludes halogenated alkanes) is 2. The molecule has 0 fully saturated rings. The summed E-state index contributed by atoms with van der Waals surface area (Å²) in [6.45, 7) is 4.95. The predicted octanol–water partition coefficient (Wildman–Crippen LogP) is 8.30. The average Bonchev–Trinajstić information content (AvgIpc) is 3.76. The Morgan fingerprint density at radius 2 is 1.88 bits per heavy atom. The zero-order valence-corrected chi connectivity index (χ0v) is 26.8. The molecule has 5 rings (SSSR count). The van der Waals surface area contributed by atoms with Gasteiger partial charge in [-0.15, -0.1) is 21.5 Å². The number of anilines is 1. The molecule has 8 nitrogen and oxygen atoms in total. The summed E-state index contributed by atoms with van der Waals surface area (Å²) in [7, 11) is 0. The number of rotatable bonds is 14. The smallest absolute Gasteiger partial charge is 0.296 e. The van der Waals surface area contributed by atoms with E-state index in [4.69, 9.17) is 21.1 Å². The number of aromatic nitrogens is 2. The van der Waals surface area contributed by atoms with Gasteiger partial charge in [-0.2, -0.15) is 0 Å². The molecule has 1 N–H and O–H groups in total. The number of ketones is 1. The van der Waals surface area contributed by atoms with E-state index in [1.165, 1.54) is 39.3 Å². The molecule has 12 heteroatoms. The minimum atomic E-state index is -0.947. The number of hydrogen-bond donors (Lipinski definition) is 1. The number of aliphatic hydroxyl groups is 1. The summed E-state index contributed by atoms with van der Waals surface area (Å²) < 4.78 is 12.6. The second kappa shape index (κ2) is 14.4. The van der Waals surface area contributed by atoms with Crippen LogP contribution in [0.2, 0.25) is 5.02 Å². The summed E-state index contributed by atoms with van der Waals surface area (Å²) in [4.78, 5) is 29.1. The van der Waals surface area contributed by atoms with Gasteiger partial charge >= 0.3 is 0 Å². The van der Waals surface area contributed by atoms with E-state index in [1.54, 1.807) is 35.7 Å². The van der Waals surface area contributed by atoms with Crippen molar-refractivity contribution < 1.29 is 24.2 Å². The second-order valence-corrected chi connectivity index (χ2v) is 13.2. The van der Waals surface area contributed by atoms with Crippen molar-refractivity contribution in [3.8, 4) is 11.5 Å². The number of Topliss-reactive ketones (excluding diaryl/α,β-unsaturated/α-hetero) is 1. The Balaban J connectivity index is 1.49. The third kappa shape index (κ3) is 7.06. The minimum absolute atomic E-state index is 0.0166. The van der Waals surface area contributed by atoms with Gasteiger partial charge in [0.2, 0.25) is 10.9 Å². The van der Waals surface area contributed by atoms with Gasteiger partial charge in [0.1, 0.15) is 0 Å². The molecule has 1 aliphatic heterocycles. The lowest BCUT2D eigenvalue weighted by Gasteiger charge is -2.25. The first-order chi connectivity index (χ1) is 20.9. The summed E-state index contributed by atoms with van der Waals surface area (Å²) in [5.41, 5.74) is 1.62. The van der Waals surface area contributed by atoms with Gasteiger partial charge in [-0.1, -0.05) is 78.7 Å². The standard InChI is InChI=1S/C31H30ClN3O5S3/c1-3-5-6-15-40-22-14-11-20(17-23(22)39-4-2)26-25(27(36)24-8-7-16-41-24)28(37)29(38)35(26)30-33-34-31(43-30)42-18-19-9-12-21(32)13-10-19/h7-14,16-17,26,37H,3-6,15,18H2,1-2H3. The van der Waals surface area contributed by atoms with E-state index in [2.05, 4.69) is 17.1 Å². The highest BCUT2D eigenvalue weighted by atomic mass is 35.5. The molecule has 3 heterocycles. The number of aliphatic hydroxyl groups excluding tert-OH is 1. The zero-order chi connectivity index (χ0) is 30.3. The number of carbonyl (C=O) groups is 2. The molecule has 1 aliphatic rings. The summed E-state index contributed by atoms with van der Waals surface area (Å²) in [6.07, 6.45) is 3.05. The lowest BCUT2D eigenvalue weighted by molar-refractivity contribution is -0.117. The highest BCUT2D eigenvalue weighted by Gasteiger charge is 2.46. The monoisotopic (exact) mass is 655 g/mol. The zero-order valence-electron chi connectivity index (χ0n) is 23.6. The van der Waals surface area contributed by atoms with Crippen molar-refractivity contribution >= 4 is 62.9 Å². The fraction of sp³-hybridized carbons (Fsp3) is 0.290. The van der Waals surface area contributed by atoms with E-state index < -0.39 is 23.5 Å². The van der Waals surface area contributed by atoms with Crippen molar-refractivity contribution in [3.63, 3.8) is 0 Å². The molecular weight excluding hydrogens is 626 g/mol. The number of ether oxygens (including phenoxy) is 2. The maximum absolute atomic E-state index is 13.7. The van der Waals surface area contributed by atoms with Crippen LogP contribution >= 0.6 is 46.0 Å². The summed E-state index contributed by atoms with van der Waals surface area (Å²) >= 11 is 9.94. The van der Waals surface area contributed by atoms with Crippen LogP contribution in [0.4, 0.5) is 5.13 Å². The maximum Gasteiger partial charge on any atom is 0.296 e. The number of halogens is 1. The first-order valence-corrected chi connectivity index (χ1v) is 16.9. The number of amides is 1. The van der Waals surface area contributed by atoms with E-state index in [0.717, 1.165) is 24.8 Å². The third-order valence-electron chi connectivity index (χ3n) is 6.66. The van der Waals surface area contributed by atoms with Crippen LogP contribution in [-0.4, -0.2) is 40.2 Å². The van der Waals surface area contributed by atoms with E-state index in [-0.39, 0.29) is 10.7 Å². The van der Waals surface area contributed by atoms with E-state index >= 15 is 0 Å². The van der Waals surface area contributed by atoms with Gasteiger partial charge in [0.25, 0.3) is 5.91 Å². The first kappa shape index (κ1) is 31.1. The van der Waals surface area contributed by atoms with Crippen LogP contribution < -0.4 is 14.4 Å². The molecule has 0 saturated carbocycles. The van der Waals surface area contributed by atoms with Crippen molar-refractivity contribution in [2.45, 2.75) is 49.2 Å². The van der Waals surface area contributed by atoms with E-state index in [1.807, 2.05) is 31.2 Å². The molecule has 0 saturated heterocycles. The summed E-state index contributed by atoms with van der Waals surface area (Å²) in [5.74, 6) is -0.0388. The fourth-order valence-electron chi connectivity index (χ4n) is 4.59. The Hall–Kier alpha value is -3.38. The number of thiophene rings is 1. The third-order valence-corrected chi connectivity index (χ3v) is 9.91. The van der Waals surface area contributed by atoms with Gasteiger partial charge in [-0.3, -0.25) is 14.5 Å². The number of thioether (sulfide) groups is 1. The molecule has 0 spiro atoms. The molecular formula is C31H30ClN3O5S3. The van der Waals surface area contributed by atoms with Crippen molar-refractivity contribution in [2.24, 2.45) is 0 Å². The van der Waals surface area contributed by atoms with Crippen LogP contribution in [-0.2, 0) is 10.5 Å². The molecule has 4 aromatic rings. The van der Waals surface area contributed by atoms with Crippen molar-refractivity contribution in [1.29, 1.82) is 0 Å². The lowest BCUT2D eigenvalue weighted by atomic mass is 9.95. The molecule has 0 aliphatic carbocycles. The largest absolute Gasteiger partial charge is 0.503 e. The fourth-order valence-corrected chi connectivity index (χ4v) is 7.22. The number of nitrogens with zero attached hydrogens (tertiary/aromatic N) is 3. The van der Waals surface area contributed by atoms with Crippen molar-refractivity contribution in [3.05, 3.63) is 92.3 Å². The van der Waals surface area contributed by atoms with Crippen LogP contribution in [0.3, 0.4) is 0 Å². The molecule has 1 amide bonds. The van der Waals surface area contributed by atoms with Crippen LogP contribution in [0.1, 0.15) is 60.0 Å². The molecule has 0 radical (unpaired) electrons. The molecule has 2 aromatic heterocycles. The Kier molecular flexibility index (Phi) is 10.4. The lowest BCUT2D eigenvalue weighted by Crippen LogP contribution is -2.31.